The Morgan fingerprint density at radius 1 is 1.50 bits per heavy atom. The maximum atomic E-state index is 7.36. The topological polar surface area (TPSA) is 53.1 Å². The minimum atomic E-state index is 0.308. The van der Waals surface area contributed by atoms with E-state index in [1.807, 2.05) is 0 Å². The van der Waals surface area contributed by atoms with Gasteiger partial charge in [-0.05, 0) is 32.7 Å². The number of nitrogens with zero attached hydrogens (tertiary/aromatic N) is 1. The zero-order valence-electron chi connectivity index (χ0n) is 11.0. The van der Waals surface area contributed by atoms with Gasteiger partial charge in [0.25, 0.3) is 0 Å². The Morgan fingerprint density at radius 3 is 2.75 bits per heavy atom. The van der Waals surface area contributed by atoms with Gasteiger partial charge < -0.3 is 10.6 Å². The fourth-order valence-electron chi connectivity index (χ4n) is 2.83. The first-order valence-electron chi connectivity index (χ1n) is 6.59. The Labute approximate surface area is 99.9 Å². The van der Waals surface area contributed by atoms with E-state index in [1.54, 1.807) is 0 Å². The van der Waals surface area contributed by atoms with Crippen molar-refractivity contribution in [3.8, 4) is 0 Å². The van der Waals surface area contributed by atoms with Gasteiger partial charge in [-0.2, -0.15) is 0 Å². The molecule has 0 spiro atoms. The maximum Gasteiger partial charge on any atom is 0.0920 e. The number of nitrogens with one attached hydrogen (secondary N) is 1. The summed E-state index contributed by atoms with van der Waals surface area (Å²) < 4.78 is 0. The molecule has 1 saturated carbocycles. The number of hydrogen-bond donors (Lipinski definition) is 2. The van der Waals surface area contributed by atoms with E-state index in [0.29, 0.717) is 24.3 Å². The fourth-order valence-corrected chi connectivity index (χ4v) is 2.83. The van der Waals surface area contributed by atoms with E-state index in [0.717, 1.165) is 5.92 Å². The van der Waals surface area contributed by atoms with Gasteiger partial charge >= 0.3 is 0 Å². The second-order valence-corrected chi connectivity index (χ2v) is 5.34. The highest BCUT2D eigenvalue weighted by Gasteiger charge is 2.26. The van der Waals surface area contributed by atoms with Crippen LogP contribution in [-0.4, -0.2) is 29.9 Å². The van der Waals surface area contributed by atoms with Crippen LogP contribution < -0.4 is 5.73 Å². The van der Waals surface area contributed by atoms with Crippen LogP contribution in [0.25, 0.3) is 0 Å². The molecule has 94 valence electrons. The lowest BCUT2D eigenvalue weighted by molar-refractivity contribution is 0.122. The van der Waals surface area contributed by atoms with Gasteiger partial charge in [0.1, 0.15) is 0 Å². The quantitative estimate of drug-likeness (QED) is 0.558. The van der Waals surface area contributed by atoms with E-state index >= 15 is 0 Å². The Hall–Kier alpha value is -0.570. The molecule has 0 amide bonds. The van der Waals surface area contributed by atoms with E-state index < -0.39 is 0 Å². The Kier molecular flexibility index (Phi) is 5.26. The zero-order valence-corrected chi connectivity index (χ0v) is 11.0. The molecule has 16 heavy (non-hydrogen) atoms. The minimum absolute atomic E-state index is 0.308. The number of amidine groups is 1. The van der Waals surface area contributed by atoms with Gasteiger partial charge in [-0.15, -0.1) is 0 Å². The highest BCUT2D eigenvalue weighted by Crippen LogP contribution is 2.30. The monoisotopic (exact) mass is 225 g/mol. The van der Waals surface area contributed by atoms with Crippen LogP contribution in [-0.2, 0) is 0 Å². The van der Waals surface area contributed by atoms with E-state index in [4.69, 9.17) is 11.1 Å². The normalized spacial score (nSPS) is 28.0. The van der Waals surface area contributed by atoms with Gasteiger partial charge in [0, 0.05) is 18.5 Å². The molecular weight excluding hydrogens is 198 g/mol. The summed E-state index contributed by atoms with van der Waals surface area (Å²) in [7, 11) is 2.19. The van der Waals surface area contributed by atoms with Crippen molar-refractivity contribution in [1.82, 2.24) is 4.90 Å². The summed E-state index contributed by atoms with van der Waals surface area (Å²) in [5.41, 5.74) is 5.47. The van der Waals surface area contributed by atoms with Crippen molar-refractivity contribution >= 4 is 5.84 Å². The van der Waals surface area contributed by atoms with Gasteiger partial charge in [0.15, 0.2) is 0 Å². The SMILES string of the molecule is CCC1CCCC(N(C)C(C)CC(=N)N)C1. The molecule has 3 heteroatoms. The molecule has 0 radical (unpaired) electrons. The molecule has 0 aromatic heterocycles. The van der Waals surface area contributed by atoms with Crippen LogP contribution in [0, 0.1) is 11.3 Å². The summed E-state index contributed by atoms with van der Waals surface area (Å²) in [5.74, 6) is 1.22. The molecule has 3 nitrogen and oxygen atoms in total. The molecule has 3 unspecified atom stereocenters. The number of nitrogens with two attached hydrogens (primary N) is 1. The molecule has 3 atom stereocenters. The third kappa shape index (κ3) is 3.78. The average Bonchev–Trinajstić information content (AvgIpc) is 2.27. The fraction of sp³-hybridized carbons (Fsp3) is 0.923. The van der Waals surface area contributed by atoms with Gasteiger partial charge in [-0.1, -0.05) is 26.2 Å². The molecule has 0 aromatic rings. The molecule has 0 heterocycles. The van der Waals surface area contributed by atoms with Crippen molar-refractivity contribution < 1.29 is 0 Å². The van der Waals surface area contributed by atoms with Crippen molar-refractivity contribution in [2.24, 2.45) is 11.7 Å². The summed E-state index contributed by atoms with van der Waals surface area (Å²) in [4.78, 5) is 2.43. The molecule has 1 rings (SSSR count). The number of hydrogen-bond acceptors (Lipinski definition) is 2. The van der Waals surface area contributed by atoms with Gasteiger partial charge in [-0.25, -0.2) is 0 Å². The largest absolute Gasteiger partial charge is 0.388 e. The van der Waals surface area contributed by atoms with Gasteiger partial charge in [-0.3, -0.25) is 5.41 Å². The van der Waals surface area contributed by atoms with Crippen LogP contribution in [0.4, 0.5) is 0 Å². The molecule has 0 aromatic carbocycles. The van der Waals surface area contributed by atoms with Crippen LogP contribution in [0.1, 0.15) is 52.4 Å². The van der Waals surface area contributed by atoms with Crippen molar-refractivity contribution in [3.05, 3.63) is 0 Å². The molecule has 0 aliphatic heterocycles. The first-order valence-corrected chi connectivity index (χ1v) is 6.59. The van der Waals surface area contributed by atoms with Crippen molar-refractivity contribution in [2.75, 3.05) is 7.05 Å². The van der Waals surface area contributed by atoms with Gasteiger partial charge in [0.05, 0.1) is 5.84 Å². The third-order valence-electron chi connectivity index (χ3n) is 4.12. The molecule has 3 N–H and O–H groups in total. The lowest BCUT2D eigenvalue weighted by Gasteiger charge is -2.38. The highest BCUT2D eigenvalue weighted by molar-refractivity contribution is 5.77. The summed E-state index contributed by atoms with van der Waals surface area (Å²) >= 11 is 0. The summed E-state index contributed by atoms with van der Waals surface area (Å²) in [5, 5.41) is 7.36. The first-order chi connectivity index (χ1) is 7.54. The van der Waals surface area contributed by atoms with E-state index in [9.17, 15) is 0 Å². The van der Waals surface area contributed by atoms with Crippen molar-refractivity contribution in [1.29, 1.82) is 5.41 Å². The zero-order chi connectivity index (χ0) is 12.1. The Balaban J connectivity index is 2.45. The lowest BCUT2D eigenvalue weighted by atomic mass is 9.83. The summed E-state index contributed by atoms with van der Waals surface area (Å²) in [6.45, 7) is 4.48. The predicted octanol–water partition coefficient (Wildman–Crippen LogP) is 2.60. The maximum absolute atomic E-state index is 7.36. The minimum Gasteiger partial charge on any atom is -0.388 e. The molecule has 1 fully saturated rings. The lowest BCUT2D eigenvalue weighted by Crippen LogP contribution is -2.42. The second-order valence-electron chi connectivity index (χ2n) is 5.34. The van der Waals surface area contributed by atoms with E-state index in [-0.39, 0.29) is 0 Å². The number of rotatable bonds is 5. The van der Waals surface area contributed by atoms with Crippen molar-refractivity contribution in [3.63, 3.8) is 0 Å². The van der Waals surface area contributed by atoms with Crippen LogP contribution in [0.2, 0.25) is 0 Å². The second kappa shape index (κ2) is 6.24. The predicted molar refractivity (Wildman–Crippen MR) is 69.8 cm³/mol. The smallest absolute Gasteiger partial charge is 0.0920 e. The third-order valence-corrected chi connectivity index (χ3v) is 4.12. The van der Waals surface area contributed by atoms with Crippen LogP contribution in [0.5, 0.6) is 0 Å². The molecular formula is C13H27N3. The summed E-state index contributed by atoms with van der Waals surface area (Å²) in [6, 6.07) is 1.10. The molecule has 0 saturated heterocycles. The summed E-state index contributed by atoms with van der Waals surface area (Å²) in [6.07, 6.45) is 7.42. The highest BCUT2D eigenvalue weighted by atomic mass is 15.2. The average molecular weight is 225 g/mol. The van der Waals surface area contributed by atoms with Crippen LogP contribution >= 0.6 is 0 Å². The standard InChI is InChI=1S/C13H27N3/c1-4-11-6-5-7-12(9-11)16(3)10(2)8-13(14)15/h10-12H,4-9H2,1-3H3,(H3,14,15). The van der Waals surface area contributed by atoms with Crippen molar-refractivity contribution in [2.45, 2.75) is 64.5 Å². The van der Waals surface area contributed by atoms with E-state index in [1.165, 1.54) is 32.1 Å². The Bertz CT molecular complexity index is 227. The van der Waals surface area contributed by atoms with Gasteiger partial charge in [0.2, 0.25) is 0 Å². The molecule has 0 bridgehead atoms. The first kappa shape index (κ1) is 13.5. The molecule has 1 aliphatic carbocycles. The Morgan fingerprint density at radius 2 is 2.19 bits per heavy atom. The van der Waals surface area contributed by atoms with Crippen LogP contribution in [0.15, 0.2) is 0 Å². The van der Waals surface area contributed by atoms with E-state index in [2.05, 4.69) is 25.8 Å². The molecule has 1 aliphatic rings. The van der Waals surface area contributed by atoms with Crippen LogP contribution in [0.3, 0.4) is 0 Å².